The number of aryl methyl sites for hydroxylation is 1. The van der Waals surface area contributed by atoms with Crippen molar-refractivity contribution in [3.8, 4) is 6.07 Å². The molecule has 0 saturated heterocycles. The Balaban J connectivity index is 1.62. The lowest BCUT2D eigenvalue weighted by Gasteiger charge is -2.31. The summed E-state index contributed by atoms with van der Waals surface area (Å²) in [6.07, 6.45) is 1.85. The Labute approximate surface area is 198 Å². The molecule has 9 nitrogen and oxygen atoms in total. The van der Waals surface area contributed by atoms with Crippen LogP contribution >= 0.6 is 15.9 Å². The minimum Gasteiger partial charge on any atom is -0.464 e. The number of fused-ring (bicyclic) bond motifs is 2. The number of esters is 1. The molecule has 2 aromatic rings. The number of carbonyl (C=O) groups is 3. The average molecular weight is 510 g/mol. The van der Waals surface area contributed by atoms with Crippen molar-refractivity contribution in [3.05, 3.63) is 51.0 Å². The SMILES string of the molecule is CC(=O)OCCN1CCCc2cc(N=Nc3c(C#N)cc4c(c3Br)C(=O)N(C)C4=O)ccc21. The number of azo groups is 1. The van der Waals surface area contributed by atoms with Crippen LogP contribution < -0.4 is 4.90 Å². The van der Waals surface area contributed by atoms with Crippen LogP contribution in [0.25, 0.3) is 0 Å². The van der Waals surface area contributed by atoms with Crippen LogP contribution in [-0.4, -0.2) is 49.4 Å². The van der Waals surface area contributed by atoms with Gasteiger partial charge in [-0.2, -0.15) is 10.4 Å². The molecule has 2 aliphatic heterocycles. The number of rotatable bonds is 5. The van der Waals surface area contributed by atoms with Crippen LogP contribution in [0, 0.1) is 11.3 Å². The number of anilines is 1. The molecule has 0 spiro atoms. The summed E-state index contributed by atoms with van der Waals surface area (Å²) in [5, 5.41) is 18.1. The normalized spacial score (nSPS) is 15.0. The summed E-state index contributed by atoms with van der Waals surface area (Å²) in [6.45, 7) is 3.21. The molecule has 4 rings (SSSR count). The molecule has 0 bridgehead atoms. The highest BCUT2D eigenvalue weighted by Crippen LogP contribution is 2.40. The maximum atomic E-state index is 12.4. The van der Waals surface area contributed by atoms with Crippen molar-refractivity contribution in [2.45, 2.75) is 19.8 Å². The molecule has 0 fully saturated rings. The van der Waals surface area contributed by atoms with Gasteiger partial charge in [0.05, 0.1) is 33.4 Å². The molecule has 0 unspecified atom stereocenters. The number of hydrogen-bond acceptors (Lipinski definition) is 8. The Kier molecular flexibility index (Phi) is 6.24. The lowest BCUT2D eigenvalue weighted by Crippen LogP contribution is -2.32. The van der Waals surface area contributed by atoms with Gasteiger partial charge in [0.15, 0.2) is 0 Å². The van der Waals surface area contributed by atoms with Crippen LogP contribution in [0.15, 0.2) is 39.0 Å². The van der Waals surface area contributed by atoms with E-state index in [1.165, 1.54) is 20.0 Å². The molecule has 10 heteroatoms. The van der Waals surface area contributed by atoms with E-state index in [1.54, 1.807) is 0 Å². The highest BCUT2D eigenvalue weighted by atomic mass is 79.9. The topological polar surface area (TPSA) is 115 Å². The molecule has 0 aliphatic carbocycles. The number of amides is 2. The average Bonchev–Trinajstić information content (AvgIpc) is 3.01. The van der Waals surface area contributed by atoms with Crippen molar-refractivity contribution < 1.29 is 19.1 Å². The van der Waals surface area contributed by atoms with Gasteiger partial charge in [-0.05, 0) is 58.6 Å². The zero-order chi connectivity index (χ0) is 23.7. The van der Waals surface area contributed by atoms with Crippen molar-refractivity contribution in [3.63, 3.8) is 0 Å². The van der Waals surface area contributed by atoms with E-state index in [4.69, 9.17) is 4.74 Å². The second-order valence-electron chi connectivity index (χ2n) is 7.73. The Hall–Kier alpha value is -3.58. The summed E-state index contributed by atoms with van der Waals surface area (Å²) in [6, 6.07) is 9.12. The molecular weight excluding hydrogens is 490 g/mol. The Morgan fingerprint density at radius 1 is 1.24 bits per heavy atom. The van der Waals surface area contributed by atoms with Gasteiger partial charge in [0, 0.05) is 26.2 Å². The fourth-order valence-corrected chi connectivity index (χ4v) is 4.68. The van der Waals surface area contributed by atoms with E-state index in [0.717, 1.165) is 35.5 Å². The molecule has 168 valence electrons. The third kappa shape index (κ3) is 4.24. The van der Waals surface area contributed by atoms with Crippen LogP contribution in [0.3, 0.4) is 0 Å². The summed E-state index contributed by atoms with van der Waals surface area (Å²) in [5.41, 5.74) is 3.49. The largest absolute Gasteiger partial charge is 0.464 e. The monoisotopic (exact) mass is 509 g/mol. The van der Waals surface area contributed by atoms with E-state index in [0.29, 0.717) is 18.8 Å². The van der Waals surface area contributed by atoms with Crippen molar-refractivity contribution in [1.82, 2.24) is 4.90 Å². The van der Waals surface area contributed by atoms with Crippen LogP contribution in [0.2, 0.25) is 0 Å². The summed E-state index contributed by atoms with van der Waals surface area (Å²) in [5.74, 6) is -1.20. The minimum atomic E-state index is -0.455. The number of benzene rings is 2. The second-order valence-corrected chi connectivity index (χ2v) is 8.53. The summed E-state index contributed by atoms with van der Waals surface area (Å²) in [7, 11) is 1.40. The predicted molar refractivity (Wildman–Crippen MR) is 123 cm³/mol. The molecule has 0 radical (unpaired) electrons. The Morgan fingerprint density at radius 3 is 2.76 bits per heavy atom. The van der Waals surface area contributed by atoms with Gasteiger partial charge < -0.3 is 9.64 Å². The van der Waals surface area contributed by atoms with E-state index in [1.807, 2.05) is 24.3 Å². The van der Waals surface area contributed by atoms with Crippen molar-refractivity contribution >= 4 is 50.8 Å². The quantitative estimate of drug-likeness (QED) is 0.337. The number of nitriles is 1. The van der Waals surface area contributed by atoms with Crippen LogP contribution in [-0.2, 0) is 16.0 Å². The fraction of sp³-hybridized carbons (Fsp3) is 0.304. The van der Waals surface area contributed by atoms with Crippen molar-refractivity contribution in [2.24, 2.45) is 10.2 Å². The molecule has 0 atom stereocenters. The summed E-state index contributed by atoms with van der Waals surface area (Å²) in [4.78, 5) is 38.9. The standard InChI is InChI=1S/C23H20BrN5O4/c1-13(30)33-9-8-29-7-3-4-14-10-16(5-6-18(14)29)26-27-21-15(12-25)11-17-19(20(21)24)23(32)28(2)22(17)31/h5-6,10-11H,3-4,7-9H2,1-2H3. The molecule has 0 saturated carbocycles. The number of nitrogens with zero attached hydrogens (tertiary/aromatic N) is 5. The minimum absolute atomic E-state index is 0.149. The van der Waals surface area contributed by atoms with Crippen molar-refractivity contribution in [2.75, 3.05) is 31.6 Å². The summed E-state index contributed by atoms with van der Waals surface area (Å²) < 4.78 is 5.34. The van der Waals surface area contributed by atoms with Gasteiger partial charge in [-0.25, -0.2) is 0 Å². The van der Waals surface area contributed by atoms with Gasteiger partial charge in [-0.3, -0.25) is 19.3 Å². The number of halogens is 1. The van der Waals surface area contributed by atoms with Gasteiger partial charge in [0.2, 0.25) is 0 Å². The first-order chi connectivity index (χ1) is 15.8. The first-order valence-corrected chi connectivity index (χ1v) is 11.1. The molecule has 2 aliphatic rings. The van der Waals surface area contributed by atoms with Crippen LogP contribution in [0.1, 0.15) is 45.2 Å². The van der Waals surface area contributed by atoms with E-state index >= 15 is 0 Å². The van der Waals surface area contributed by atoms with Gasteiger partial charge in [0.1, 0.15) is 18.4 Å². The zero-order valence-corrected chi connectivity index (χ0v) is 19.7. The summed E-state index contributed by atoms with van der Waals surface area (Å²) >= 11 is 3.35. The second kappa shape index (κ2) is 9.11. The van der Waals surface area contributed by atoms with E-state index in [-0.39, 0.29) is 32.8 Å². The number of imide groups is 1. The van der Waals surface area contributed by atoms with E-state index in [2.05, 4.69) is 31.1 Å². The lowest BCUT2D eigenvalue weighted by molar-refractivity contribution is -0.140. The molecule has 33 heavy (non-hydrogen) atoms. The molecule has 0 N–H and O–H groups in total. The molecular formula is C23H20BrN5O4. The molecule has 2 aromatic carbocycles. The number of carbonyl (C=O) groups excluding carboxylic acids is 3. The molecule has 2 amide bonds. The number of ether oxygens (including phenoxy) is 1. The van der Waals surface area contributed by atoms with Gasteiger partial charge in [-0.1, -0.05) is 0 Å². The zero-order valence-electron chi connectivity index (χ0n) is 18.1. The fourth-order valence-electron chi connectivity index (χ4n) is 4.00. The molecule has 0 aromatic heterocycles. The van der Waals surface area contributed by atoms with E-state index in [9.17, 15) is 19.6 Å². The highest BCUT2D eigenvalue weighted by molar-refractivity contribution is 9.10. The van der Waals surface area contributed by atoms with Gasteiger partial charge >= 0.3 is 5.97 Å². The van der Waals surface area contributed by atoms with Crippen molar-refractivity contribution in [1.29, 1.82) is 5.26 Å². The van der Waals surface area contributed by atoms with Gasteiger partial charge in [-0.15, -0.1) is 5.11 Å². The number of hydrogen-bond donors (Lipinski definition) is 0. The van der Waals surface area contributed by atoms with Gasteiger partial charge in [0.25, 0.3) is 11.8 Å². The predicted octanol–water partition coefficient (Wildman–Crippen LogP) is 4.28. The highest BCUT2D eigenvalue weighted by Gasteiger charge is 2.37. The van der Waals surface area contributed by atoms with Crippen LogP contribution in [0.4, 0.5) is 17.1 Å². The molecule has 2 heterocycles. The first-order valence-electron chi connectivity index (χ1n) is 10.3. The maximum Gasteiger partial charge on any atom is 0.302 e. The maximum absolute atomic E-state index is 12.4. The Morgan fingerprint density at radius 2 is 2.03 bits per heavy atom. The lowest BCUT2D eigenvalue weighted by atomic mass is 10.0. The first kappa shape index (κ1) is 22.6. The third-order valence-electron chi connectivity index (χ3n) is 5.62. The smallest absolute Gasteiger partial charge is 0.302 e. The Bertz CT molecular complexity index is 1250. The van der Waals surface area contributed by atoms with Crippen LogP contribution in [0.5, 0.6) is 0 Å². The third-order valence-corrected chi connectivity index (χ3v) is 6.40. The van der Waals surface area contributed by atoms with E-state index < -0.39 is 11.8 Å².